The molecule has 8 heteroatoms. The van der Waals surface area contributed by atoms with Crippen LogP contribution in [0.25, 0.3) is 0 Å². The number of rotatable bonds is 11. The van der Waals surface area contributed by atoms with Crippen LogP contribution in [0.4, 0.5) is 0 Å². The second kappa shape index (κ2) is 13.4. The zero-order valence-corrected chi connectivity index (χ0v) is 22.6. The van der Waals surface area contributed by atoms with Gasteiger partial charge in [-0.3, -0.25) is 9.59 Å². The van der Waals surface area contributed by atoms with Gasteiger partial charge in [-0.1, -0.05) is 74.5 Å². The summed E-state index contributed by atoms with van der Waals surface area (Å²) in [5.74, 6) is -1.31. The minimum Gasteiger partial charge on any atom is -0.461 e. The molecule has 0 bridgehead atoms. The van der Waals surface area contributed by atoms with E-state index in [0.717, 1.165) is 11.1 Å². The van der Waals surface area contributed by atoms with Crippen molar-refractivity contribution in [1.29, 1.82) is 0 Å². The predicted molar refractivity (Wildman–Crippen MR) is 145 cm³/mol. The summed E-state index contributed by atoms with van der Waals surface area (Å²) >= 11 is 1.44. The van der Waals surface area contributed by atoms with Crippen LogP contribution in [0.15, 0.2) is 72.3 Å². The topological polar surface area (TPSA) is 95.9 Å². The highest BCUT2D eigenvalue weighted by molar-refractivity contribution is 8.03. The van der Waals surface area contributed by atoms with E-state index in [1.165, 1.54) is 16.7 Å². The molecule has 1 aliphatic rings. The number of benzene rings is 2. The molecule has 3 rings (SSSR count). The van der Waals surface area contributed by atoms with Gasteiger partial charge in [-0.25, -0.2) is 4.79 Å². The normalized spacial score (nSPS) is 18.0. The SMILES string of the molecule is CC(C)OC(=O)C(O)[C@H](Cc1ccccc1)NC(=O)C(Cc1ccccc1)N1C=CSC(C(C)C)C1=O. The van der Waals surface area contributed by atoms with E-state index in [2.05, 4.69) is 5.32 Å². The lowest BCUT2D eigenvalue weighted by Gasteiger charge is -2.35. The Hall–Kier alpha value is -3.10. The Labute approximate surface area is 223 Å². The van der Waals surface area contributed by atoms with E-state index in [1.807, 2.05) is 79.9 Å². The fraction of sp³-hybridized carbons (Fsp3) is 0.414. The summed E-state index contributed by atoms with van der Waals surface area (Å²) in [5.41, 5.74) is 1.73. The van der Waals surface area contributed by atoms with Crippen molar-refractivity contribution >= 4 is 29.5 Å². The lowest BCUT2D eigenvalue weighted by molar-refractivity contribution is -0.159. The fourth-order valence-corrected chi connectivity index (χ4v) is 5.10. The smallest absolute Gasteiger partial charge is 0.337 e. The molecule has 198 valence electrons. The Morgan fingerprint density at radius 3 is 2.08 bits per heavy atom. The van der Waals surface area contributed by atoms with Gasteiger partial charge in [-0.15, -0.1) is 11.8 Å². The number of thioether (sulfide) groups is 1. The number of hydrogen-bond acceptors (Lipinski definition) is 6. The molecule has 1 heterocycles. The first kappa shape index (κ1) is 28.5. The highest BCUT2D eigenvalue weighted by Gasteiger charge is 2.38. The van der Waals surface area contributed by atoms with Crippen LogP contribution in [0.5, 0.6) is 0 Å². The van der Waals surface area contributed by atoms with E-state index in [9.17, 15) is 19.5 Å². The van der Waals surface area contributed by atoms with E-state index in [0.29, 0.717) is 0 Å². The molecule has 4 atom stereocenters. The van der Waals surface area contributed by atoms with E-state index in [-0.39, 0.29) is 29.9 Å². The molecule has 0 saturated carbocycles. The van der Waals surface area contributed by atoms with Crippen molar-refractivity contribution in [2.75, 3.05) is 0 Å². The first-order chi connectivity index (χ1) is 17.7. The molecule has 2 aromatic carbocycles. The maximum absolute atomic E-state index is 13.8. The average Bonchev–Trinajstić information content (AvgIpc) is 2.87. The summed E-state index contributed by atoms with van der Waals surface area (Å²) < 4.78 is 5.22. The third-order valence-electron chi connectivity index (χ3n) is 6.06. The van der Waals surface area contributed by atoms with Crippen LogP contribution in [0, 0.1) is 5.92 Å². The Morgan fingerprint density at radius 1 is 0.973 bits per heavy atom. The molecule has 0 aromatic heterocycles. The molecule has 1 aliphatic heterocycles. The quantitative estimate of drug-likeness (QED) is 0.435. The van der Waals surface area contributed by atoms with Crippen LogP contribution in [-0.4, -0.2) is 57.3 Å². The molecule has 2 amide bonds. The van der Waals surface area contributed by atoms with Gasteiger partial charge in [0.2, 0.25) is 11.8 Å². The Morgan fingerprint density at radius 2 is 1.54 bits per heavy atom. The Bertz CT molecular complexity index is 1070. The molecule has 2 aromatic rings. The molecular weight excluding hydrogens is 488 g/mol. The monoisotopic (exact) mass is 524 g/mol. The van der Waals surface area contributed by atoms with Gasteiger partial charge in [0.25, 0.3) is 0 Å². The minimum absolute atomic E-state index is 0.0869. The van der Waals surface area contributed by atoms with E-state index in [4.69, 9.17) is 4.74 Å². The number of ether oxygens (including phenoxy) is 1. The fourth-order valence-electron chi connectivity index (χ4n) is 4.17. The van der Waals surface area contributed by atoms with Crippen molar-refractivity contribution in [3.05, 3.63) is 83.4 Å². The van der Waals surface area contributed by atoms with Crippen LogP contribution >= 0.6 is 11.8 Å². The van der Waals surface area contributed by atoms with Gasteiger partial charge in [0.15, 0.2) is 6.10 Å². The number of nitrogens with one attached hydrogen (secondary N) is 1. The second-order valence-corrected chi connectivity index (χ2v) is 10.8. The highest BCUT2D eigenvalue weighted by Crippen LogP contribution is 2.29. The Balaban J connectivity index is 1.91. The van der Waals surface area contributed by atoms with Gasteiger partial charge >= 0.3 is 5.97 Å². The summed E-state index contributed by atoms with van der Waals surface area (Å²) in [6.07, 6.45) is 0.156. The lowest BCUT2D eigenvalue weighted by Crippen LogP contribution is -2.57. The molecular formula is C29H36N2O5S. The van der Waals surface area contributed by atoms with E-state index >= 15 is 0 Å². The predicted octanol–water partition coefficient (Wildman–Crippen LogP) is 3.71. The van der Waals surface area contributed by atoms with Crippen LogP contribution in [0.1, 0.15) is 38.8 Å². The van der Waals surface area contributed by atoms with Gasteiger partial charge in [0, 0.05) is 12.6 Å². The summed E-state index contributed by atoms with van der Waals surface area (Å²) in [7, 11) is 0. The summed E-state index contributed by atoms with van der Waals surface area (Å²) in [5, 5.41) is 15.3. The number of amides is 2. The maximum Gasteiger partial charge on any atom is 0.337 e. The zero-order valence-electron chi connectivity index (χ0n) is 21.7. The van der Waals surface area contributed by atoms with Crippen molar-refractivity contribution < 1.29 is 24.2 Å². The molecule has 3 unspecified atom stereocenters. The minimum atomic E-state index is -1.57. The van der Waals surface area contributed by atoms with Crippen LogP contribution in [0.3, 0.4) is 0 Å². The van der Waals surface area contributed by atoms with Crippen molar-refractivity contribution in [2.24, 2.45) is 5.92 Å². The van der Waals surface area contributed by atoms with Crippen molar-refractivity contribution in [3.8, 4) is 0 Å². The molecule has 0 radical (unpaired) electrons. The average molecular weight is 525 g/mol. The number of hydrogen-bond donors (Lipinski definition) is 2. The van der Waals surface area contributed by atoms with Gasteiger partial charge in [-0.2, -0.15) is 0 Å². The zero-order chi connectivity index (χ0) is 26.9. The van der Waals surface area contributed by atoms with E-state index < -0.39 is 36.2 Å². The maximum atomic E-state index is 13.8. The van der Waals surface area contributed by atoms with Crippen molar-refractivity contribution in [2.45, 2.75) is 70.1 Å². The number of carbonyl (C=O) groups excluding carboxylic acids is 3. The number of carbonyl (C=O) groups is 3. The van der Waals surface area contributed by atoms with Gasteiger partial charge in [0.05, 0.1) is 17.4 Å². The largest absolute Gasteiger partial charge is 0.461 e. The van der Waals surface area contributed by atoms with Crippen LogP contribution < -0.4 is 5.32 Å². The summed E-state index contributed by atoms with van der Waals surface area (Å²) in [6, 6.07) is 17.0. The third-order valence-corrected chi connectivity index (χ3v) is 7.38. The molecule has 7 nitrogen and oxygen atoms in total. The first-order valence-corrected chi connectivity index (χ1v) is 13.5. The molecule has 0 spiro atoms. The van der Waals surface area contributed by atoms with Gasteiger partial charge in [-0.05, 0) is 42.7 Å². The lowest BCUT2D eigenvalue weighted by atomic mass is 9.98. The third kappa shape index (κ3) is 7.94. The Kier molecular flexibility index (Phi) is 10.3. The molecule has 2 N–H and O–H groups in total. The standard InChI is InChI=1S/C29H36N2O5S/c1-19(2)26-28(34)31(15-16-37-26)24(18-22-13-9-6-10-14-22)27(33)30-23(17-21-11-7-5-8-12-21)25(32)29(35)36-20(3)4/h5-16,19-20,23-26,32H,17-18H2,1-4H3,(H,30,33)/t23-,24?,25?,26?/m0/s1. The van der Waals surface area contributed by atoms with Gasteiger partial charge < -0.3 is 20.1 Å². The number of aliphatic hydroxyl groups excluding tert-OH is 1. The number of esters is 1. The summed E-state index contributed by atoms with van der Waals surface area (Å²) in [6.45, 7) is 7.35. The summed E-state index contributed by atoms with van der Waals surface area (Å²) in [4.78, 5) is 41.3. The molecule has 0 saturated heterocycles. The molecule has 37 heavy (non-hydrogen) atoms. The first-order valence-electron chi connectivity index (χ1n) is 12.6. The highest BCUT2D eigenvalue weighted by atomic mass is 32.2. The number of nitrogens with zero attached hydrogens (tertiary/aromatic N) is 1. The second-order valence-electron chi connectivity index (χ2n) is 9.77. The van der Waals surface area contributed by atoms with Crippen LogP contribution in [0.2, 0.25) is 0 Å². The van der Waals surface area contributed by atoms with Crippen molar-refractivity contribution in [1.82, 2.24) is 10.2 Å². The van der Waals surface area contributed by atoms with Crippen molar-refractivity contribution in [3.63, 3.8) is 0 Å². The molecule has 0 aliphatic carbocycles. The van der Waals surface area contributed by atoms with Crippen LogP contribution in [-0.2, 0) is 32.0 Å². The van der Waals surface area contributed by atoms with Gasteiger partial charge in [0.1, 0.15) is 6.04 Å². The number of aliphatic hydroxyl groups is 1. The van der Waals surface area contributed by atoms with E-state index in [1.54, 1.807) is 20.0 Å². The molecule has 0 fully saturated rings.